The quantitative estimate of drug-likeness (QED) is 0.373. The Morgan fingerprint density at radius 1 is 0.517 bits per heavy atom. The van der Waals surface area contributed by atoms with Crippen molar-refractivity contribution >= 4 is 29.5 Å². The summed E-state index contributed by atoms with van der Waals surface area (Å²) in [5.74, 6) is 0. The van der Waals surface area contributed by atoms with E-state index >= 15 is 0 Å². The van der Waals surface area contributed by atoms with Gasteiger partial charge in [-0.25, -0.2) is 0 Å². The maximum atomic E-state index is 2.59. The van der Waals surface area contributed by atoms with Crippen LogP contribution in [0.15, 0.2) is 128 Å². The molecule has 0 saturated carbocycles. The van der Waals surface area contributed by atoms with E-state index in [0.29, 0.717) is 0 Å². The van der Waals surface area contributed by atoms with E-state index in [0.717, 1.165) is 6.42 Å². The maximum absolute atomic E-state index is 2.59. The Kier molecular flexibility index (Phi) is 4.63. The maximum Gasteiger partial charge on any atom is 0.257 e. The van der Waals surface area contributed by atoms with Crippen molar-refractivity contribution in [2.45, 2.75) is 6.42 Å². The Balaban J connectivity index is 1.89. The van der Waals surface area contributed by atoms with Gasteiger partial charge in [0, 0.05) is 5.69 Å². The second-order valence-electron chi connectivity index (χ2n) is 7.40. The van der Waals surface area contributed by atoms with Gasteiger partial charge in [-0.3, -0.25) is 0 Å². The molecule has 4 aromatic carbocycles. The van der Waals surface area contributed by atoms with Crippen LogP contribution in [-0.2, 0) is 6.42 Å². The predicted molar refractivity (Wildman–Crippen MR) is 126 cm³/mol. The number of hydrogen-bond donors (Lipinski definition) is 0. The Morgan fingerprint density at radius 3 is 1.48 bits per heavy atom. The minimum atomic E-state index is -2.53. The number of benzene rings is 4. The lowest BCUT2D eigenvalue weighted by atomic mass is 10.1. The van der Waals surface area contributed by atoms with Crippen LogP contribution < -0.4 is 20.1 Å². The zero-order chi connectivity index (χ0) is 19.5. The third-order valence-electron chi connectivity index (χ3n) is 5.78. The fourth-order valence-electron chi connectivity index (χ4n) is 4.53. The molecule has 0 radical (unpaired) electrons. The van der Waals surface area contributed by atoms with Gasteiger partial charge >= 0.3 is 0 Å². The molecule has 1 aliphatic rings. The first-order chi connectivity index (χ1) is 14.4. The lowest BCUT2D eigenvalue weighted by Crippen LogP contribution is -2.76. The van der Waals surface area contributed by atoms with Gasteiger partial charge in [-0.05, 0) is 39.8 Å². The van der Waals surface area contributed by atoms with Crippen LogP contribution >= 0.6 is 0 Å². The fourth-order valence-corrected chi connectivity index (χ4v) is 9.30. The van der Waals surface area contributed by atoms with Crippen molar-refractivity contribution in [2.24, 2.45) is 0 Å². The molecule has 0 spiro atoms. The van der Waals surface area contributed by atoms with Gasteiger partial charge in [-0.15, -0.1) is 0 Å². The Labute approximate surface area is 173 Å². The summed E-state index contributed by atoms with van der Waals surface area (Å²) in [5.41, 5.74) is 2.70. The van der Waals surface area contributed by atoms with E-state index in [4.69, 9.17) is 0 Å². The molecule has 0 atom stereocenters. The average Bonchev–Trinajstić information content (AvgIpc) is 2.82. The average molecular weight is 390 g/mol. The summed E-state index contributed by atoms with van der Waals surface area (Å²) >= 11 is 0. The van der Waals surface area contributed by atoms with Gasteiger partial charge in [0.05, 0.1) is 0 Å². The summed E-state index contributed by atoms with van der Waals surface area (Å²) in [5, 5.41) is 4.16. The topological polar surface area (TPSA) is 3.24 Å². The Morgan fingerprint density at radius 2 is 0.966 bits per heavy atom. The van der Waals surface area contributed by atoms with Gasteiger partial charge in [0.1, 0.15) is 0 Å². The highest BCUT2D eigenvalue weighted by atomic mass is 28.3. The SMILES string of the molecule is C1=CN([Si](c2ccccc2)(c2ccccc2)c2ccccc2)c2ccccc2C1. The molecule has 0 saturated heterocycles. The number of para-hydroxylation sites is 1. The molecule has 140 valence electrons. The molecule has 0 aromatic heterocycles. The molecule has 29 heavy (non-hydrogen) atoms. The third-order valence-corrected chi connectivity index (χ3v) is 10.4. The molecule has 1 aliphatic heterocycles. The zero-order valence-corrected chi connectivity index (χ0v) is 17.3. The van der Waals surface area contributed by atoms with E-state index in [2.05, 4.69) is 132 Å². The second kappa shape index (κ2) is 7.57. The van der Waals surface area contributed by atoms with Crippen molar-refractivity contribution in [3.8, 4) is 0 Å². The van der Waals surface area contributed by atoms with Crippen molar-refractivity contribution in [1.29, 1.82) is 0 Å². The zero-order valence-electron chi connectivity index (χ0n) is 16.3. The molecule has 1 nitrogen and oxygen atoms in total. The summed E-state index contributed by atoms with van der Waals surface area (Å²) < 4.78 is 2.59. The smallest absolute Gasteiger partial charge is 0.257 e. The number of rotatable bonds is 4. The number of anilines is 1. The molecule has 1 heterocycles. The van der Waals surface area contributed by atoms with Gasteiger partial charge in [0.15, 0.2) is 0 Å². The lowest BCUT2D eigenvalue weighted by molar-refractivity contribution is 1.16. The van der Waals surface area contributed by atoms with Crippen LogP contribution in [0.1, 0.15) is 5.56 Å². The van der Waals surface area contributed by atoms with Crippen LogP contribution in [0.5, 0.6) is 0 Å². The van der Waals surface area contributed by atoms with Crippen LogP contribution in [0.4, 0.5) is 5.69 Å². The van der Waals surface area contributed by atoms with Crippen LogP contribution in [-0.4, -0.2) is 8.24 Å². The van der Waals surface area contributed by atoms with Gasteiger partial charge in [-0.1, -0.05) is 115 Å². The summed E-state index contributed by atoms with van der Waals surface area (Å²) in [6, 6.07) is 42.0. The van der Waals surface area contributed by atoms with Gasteiger partial charge in [0.25, 0.3) is 8.24 Å². The van der Waals surface area contributed by atoms with Crippen LogP contribution in [0.3, 0.4) is 0 Å². The minimum absolute atomic E-state index is 0.982. The van der Waals surface area contributed by atoms with Crippen LogP contribution in [0.2, 0.25) is 0 Å². The molecule has 5 rings (SSSR count). The Bertz CT molecular complexity index is 1020. The second-order valence-corrected chi connectivity index (χ2v) is 11.0. The number of hydrogen-bond acceptors (Lipinski definition) is 1. The fraction of sp³-hybridized carbons (Fsp3) is 0.0370. The van der Waals surface area contributed by atoms with E-state index in [1.165, 1.54) is 26.8 Å². The minimum Gasteiger partial charge on any atom is -0.363 e. The molecular weight excluding hydrogens is 366 g/mol. The first-order valence-corrected chi connectivity index (χ1v) is 12.1. The molecule has 0 aliphatic carbocycles. The van der Waals surface area contributed by atoms with Crippen LogP contribution in [0, 0.1) is 0 Å². The highest BCUT2D eigenvalue weighted by Gasteiger charge is 2.46. The Hall–Kier alpha value is -3.36. The van der Waals surface area contributed by atoms with Crippen molar-refractivity contribution in [2.75, 3.05) is 4.57 Å². The normalized spacial score (nSPS) is 13.2. The highest BCUT2D eigenvalue weighted by Crippen LogP contribution is 2.30. The standard InChI is InChI=1S/C27H23NSi/c1-4-15-24(16-5-1)29(25-17-6-2-7-18-25,26-19-8-3-9-20-26)28-22-12-14-23-13-10-11-21-27(23)28/h1-13,15-22H,14H2. The number of allylic oxidation sites excluding steroid dienone is 1. The molecule has 2 heteroatoms. The third kappa shape index (κ3) is 2.93. The van der Waals surface area contributed by atoms with Crippen molar-refractivity contribution in [1.82, 2.24) is 0 Å². The molecule has 0 unspecified atom stereocenters. The summed E-state index contributed by atoms with van der Waals surface area (Å²) in [6.07, 6.45) is 5.61. The number of nitrogens with zero attached hydrogens (tertiary/aromatic N) is 1. The van der Waals surface area contributed by atoms with Crippen molar-refractivity contribution in [3.63, 3.8) is 0 Å². The van der Waals surface area contributed by atoms with Crippen molar-refractivity contribution in [3.05, 3.63) is 133 Å². The monoisotopic (exact) mass is 389 g/mol. The molecule has 0 fully saturated rings. The van der Waals surface area contributed by atoms with E-state index in [9.17, 15) is 0 Å². The van der Waals surface area contributed by atoms with Gasteiger partial charge in [-0.2, -0.15) is 0 Å². The van der Waals surface area contributed by atoms with E-state index in [-0.39, 0.29) is 0 Å². The molecule has 4 aromatic rings. The highest BCUT2D eigenvalue weighted by molar-refractivity contribution is 7.14. The van der Waals surface area contributed by atoms with E-state index in [1.807, 2.05) is 0 Å². The first-order valence-electron chi connectivity index (χ1n) is 10.1. The van der Waals surface area contributed by atoms with Crippen molar-refractivity contribution < 1.29 is 0 Å². The van der Waals surface area contributed by atoms with Crippen LogP contribution in [0.25, 0.3) is 0 Å². The van der Waals surface area contributed by atoms with Gasteiger partial charge < -0.3 is 4.57 Å². The molecular formula is C27H23NSi. The molecule has 0 N–H and O–H groups in total. The largest absolute Gasteiger partial charge is 0.363 e. The van der Waals surface area contributed by atoms with E-state index < -0.39 is 8.24 Å². The lowest BCUT2D eigenvalue weighted by Gasteiger charge is -2.44. The van der Waals surface area contributed by atoms with Gasteiger partial charge in [0.2, 0.25) is 0 Å². The summed E-state index contributed by atoms with van der Waals surface area (Å²) in [4.78, 5) is 0. The van der Waals surface area contributed by atoms with E-state index in [1.54, 1.807) is 0 Å². The summed E-state index contributed by atoms with van der Waals surface area (Å²) in [6.45, 7) is 0. The number of fused-ring (bicyclic) bond motifs is 1. The summed E-state index contributed by atoms with van der Waals surface area (Å²) in [7, 11) is -2.53. The predicted octanol–water partition coefficient (Wildman–Crippen LogP) is 4.23. The molecule has 0 bridgehead atoms. The first kappa shape index (κ1) is 17.7. The molecule has 0 amide bonds.